The molecule has 5 nitrogen and oxygen atoms in total. The summed E-state index contributed by atoms with van der Waals surface area (Å²) < 4.78 is 18.5. The molecule has 2 N–H and O–H groups in total. The zero-order chi connectivity index (χ0) is 19.9. The lowest BCUT2D eigenvalue weighted by molar-refractivity contribution is 0.0498. The number of nitrogens with zero attached hydrogens (tertiary/aromatic N) is 1. The minimum Gasteiger partial charge on any atom is -0.444 e. The normalized spacial score (nSPS) is 12.6. The fraction of sp³-hybridized carbons (Fsp3) is 0.524. The molecule has 1 amide bonds. The van der Waals surface area contributed by atoms with Crippen LogP contribution in [0.1, 0.15) is 71.7 Å². The third kappa shape index (κ3) is 7.04. The van der Waals surface area contributed by atoms with Crippen molar-refractivity contribution in [1.29, 1.82) is 0 Å². The van der Waals surface area contributed by atoms with E-state index in [9.17, 15) is 9.18 Å². The molecule has 1 aromatic carbocycles. The van der Waals surface area contributed by atoms with Crippen LogP contribution in [0, 0.1) is 5.82 Å². The van der Waals surface area contributed by atoms with Gasteiger partial charge in [0.15, 0.2) is 0 Å². The largest absolute Gasteiger partial charge is 0.444 e. The zero-order valence-corrected chi connectivity index (χ0v) is 16.6. The maximum absolute atomic E-state index is 13.1. The highest BCUT2D eigenvalue weighted by Crippen LogP contribution is 2.23. The monoisotopic (exact) mass is 375 g/mol. The summed E-state index contributed by atoms with van der Waals surface area (Å²) in [5.74, 6) is 0.399. The number of H-pyrrole nitrogens is 1. The summed E-state index contributed by atoms with van der Waals surface area (Å²) in [5, 5.41) is 2.93. The Morgan fingerprint density at radius 1 is 1.22 bits per heavy atom. The molecule has 0 spiro atoms. The smallest absolute Gasteiger partial charge is 0.408 e. The number of rotatable bonds is 8. The number of amides is 1. The highest BCUT2D eigenvalue weighted by atomic mass is 19.1. The number of aromatic nitrogens is 2. The van der Waals surface area contributed by atoms with Crippen LogP contribution in [0.4, 0.5) is 9.18 Å². The fourth-order valence-corrected chi connectivity index (χ4v) is 2.79. The van der Waals surface area contributed by atoms with Crippen LogP contribution in [0.15, 0.2) is 30.5 Å². The molecule has 0 aliphatic carbocycles. The Labute approximate surface area is 160 Å². The molecule has 0 aliphatic rings. The zero-order valence-electron chi connectivity index (χ0n) is 16.6. The molecule has 6 heteroatoms. The second-order valence-corrected chi connectivity index (χ2v) is 7.74. The molecule has 0 aliphatic heterocycles. The number of carbonyl (C=O) groups excluding carboxylic acids is 1. The number of hydrogen-bond donors (Lipinski definition) is 2. The van der Waals surface area contributed by atoms with Crippen LogP contribution < -0.4 is 5.32 Å². The predicted octanol–water partition coefficient (Wildman–Crippen LogP) is 5.75. The number of ether oxygens (including phenoxy) is 1. The van der Waals surface area contributed by atoms with Gasteiger partial charge in [0.25, 0.3) is 0 Å². The number of halogens is 1. The molecule has 1 heterocycles. The first-order valence-electron chi connectivity index (χ1n) is 9.59. The standard InChI is InChI=1S/C21H30FN3O2/c1-5-6-7-8-9-17(25-20(26)27-21(2,3)4)19-23-14-18(24-19)15-10-12-16(22)13-11-15/h10-14,17H,5-9H2,1-4H3,(H,23,24)(H,25,26). The van der Waals surface area contributed by atoms with Gasteiger partial charge in [-0.05, 0) is 57.0 Å². The molecule has 0 fully saturated rings. The van der Waals surface area contributed by atoms with E-state index in [1.807, 2.05) is 20.8 Å². The Morgan fingerprint density at radius 3 is 2.56 bits per heavy atom. The summed E-state index contributed by atoms with van der Waals surface area (Å²) >= 11 is 0. The summed E-state index contributed by atoms with van der Waals surface area (Å²) in [6.45, 7) is 7.67. The number of aromatic amines is 1. The lowest BCUT2D eigenvalue weighted by atomic mass is 10.1. The highest BCUT2D eigenvalue weighted by Gasteiger charge is 2.22. The van der Waals surface area contributed by atoms with Gasteiger partial charge in [-0.2, -0.15) is 0 Å². The first kappa shape index (κ1) is 20.9. The Morgan fingerprint density at radius 2 is 1.93 bits per heavy atom. The predicted molar refractivity (Wildman–Crippen MR) is 105 cm³/mol. The van der Waals surface area contributed by atoms with Crippen LogP contribution in [0.3, 0.4) is 0 Å². The van der Waals surface area contributed by atoms with Gasteiger partial charge in [-0.25, -0.2) is 14.2 Å². The van der Waals surface area contributed by atoms with E-state index >= 15 is 0 Å². The highest BCUT2D eigenvalue weighted by molar-refractivity contribution is 5.68. The van der Waals surface area contributed by atoms with E-state index in [0.29, 0.717) is 5.82 Å². The van der Waals surface area contributed by atoms with Gasteiger partial charge in [0.2, 0.25) is 0 Å². The van der Waals surface area contributed by atoms with Crippen LogP contribution in [-0.4, -0.2) is 21.7 Å². The van der Waals surface area contributed by atoms with Crippen LogP contribution in [0.5, 0.6) is 0 Å². The molecule has 0 radical (unpaired) electrons. The van der Waals surface area contributed by atoms with Crippen molar-refractivity contribution in [1.82, 2.24) is 15.3 Å². The first-order chi connectivity index (χ1) is 12.8. The number of nitrogens with one attached hydrogen (secondary N) is 2. The first-order valence-corrected chi connectivity index (χ1v) is 9.59. The van der Waals surface area contributed by atoms with E-state index in [1.54, 1.807) is 18.3 Å². The average molecular weight is 375 g/mol. The average Bonchev–Trinajstić information content (AvgIpc) is 3.06. The van der Waals surface area contributed by atoms with Crippen molar-refractivity contribution in [2.24, 2.45) is 0 Å². The van der Waals surface area contributed by atoms with E-state index in [0.717, 1.165) is 43.4 Å². The summed E-state index contributed by atoms with van der Waals surface area (Å²) in [5.41, 5.74) is 1.07. The SMILES string of the molecule is CCCCCCC(NC(=O)OC(C)(C)C)c1ncc(-c2ccc(F)cc2)[nH]1. The number of benzene rings is 1. The van der Waals surface area contributed by atoms with Gasteiger partial charge in [0.05, 0.1) is 17.9 Å². The summed E-state index contributed by atoms with van der Waals surface area (Å²) in [6, 6.07) is 5.97. The van der Waals surface area contributed by atoms with E-state index < -0.39 is 11.7 Å². The van der Waals surface area contributed by atoms with Crippen molar-refractivity contribution in [2.45, 2.75) is 71.4 Å². The van der Waals surface area contributed by atoms with Crippen LogP contribution in [0.2, 0.25) is 0 Å². The van der Waals surface area contributed by atoms with Gasteiger partial charge in [-0.15, -0.1) is 0 Å². The minimum absolute atomic E-state index is 0.258. The minimum atomic E-state index is -0.556. The van der Waals surface area contributed by atoms with E-state index in [1.165, 1.54) is 12.1 Å². The molecule has 0 saturated carbocycles. The quantitative estimate of drug-likeness (QED) is 0.577. The molecule has 2 rings (SSSR count). The number of alkyl carbamates (subject to hydrolysis) is 1. The second kappa shape index (κ2) is 9.53. The molecule has 0 bridgehead atoms. The van der Waals surface area contributed by atoms with Gasteiger partial charge >= 0.3 is 6.09 Å². The Balaban J connectivity index is 2.11. The van der Waals surface area contributed by atoms with E-state index in [2.05, 4.69) is 22.2 Å². The Hall–Kier alpha value is -2.37. The third-order valence-electron chi connectivity index (χ3n) is 4.12. The maximum Gasteiger partial charge on any atom is 0.408 e. The molecule has 27 heavy (non-hydrogen) atoms. The summed E-state index contributed by atoms with van der Waals surface area (Å²) in [6.07, 6.45) is 6.43. The molecule has 0 saturated heterocycles. The van der Waals surface area contributed by atoms with Crippen LogP contribution >= 0.6 is 0 Å². The van der Waals surface area contributed by atoms with Gasteiger partial charge in [-0.1, -0.05) is 32.6 Å². The Kier molecular flexibility index (Phi) is 7.39. The van der Waals surface area contributed by atoms with Gasteiger partial charge in [0.1, 0.15) is 17.2 Å². The lowest BCUT2D eigenvalue weighted by Gasteiger charge is -2.23. The summed E-state index contributed by atoms with van der Waals surface area (Å²) in [7, 11) is 0. The lowest BCUT2D eigenvalue weighted by Crippen LogP contribution is -2.35. The van der Waals surface area contributed by atoms with E-state index in [-0.39, 0.29) is 11.9 Å². The van der Waals surface area contributed by atoms with Crippen molar-refractivity contribution in [2.75, 3.05) is 0 Å². The third-order valence-corrected chi connectivity index (χ3v) is 4.12. The van der Waals surface area contributed by atoms with Gasteiger partial charge in [-0.3, -0.25) is 0 Å². The summed E-state index contributed by atoms with van der Waals surface area (Å²) in [4.78, 5) is 19.9. The molecular weight excluding hydrogens is 345 g/mol. The molecule has 2 aromatic rings. The molecule has 1 atom stereocenters. The van der Waals surface area contributed by atoms with Crippen molar-refractivity contribution in [3.8, 4) is 11.3 Å². The number of imidazole rings is 1. The number of unbranched alkanes of at least 4 members (excludes halogenated alkanes) is 3. The fourth-order valence-electron chi connectivity index (χ4n) is 2.79. The van der Waals surface area contributed by atoms with Crippen LogP contribution in [-0.2, 0) is 4.74 Å². The van der Waals surface area contributed by atoms with Gasteiger partial charge < -0.3 is 15.0 Å². The maximum atomic E-state index is 13.1. The van der Waals surface area contributed by atoms with Crippen molar-refractivity contribution in [3.63, 3.8) is 0 Å². The number of carbonyl (C=O) groups is 1. The number of hydrogen-bond acceptors (Lipinski definition) is 3. The van der Waals surface area contributed by atoms with E-state index in [4.69, 9.17) is 4.74 Å². The Bertz CT molecular complexity index is 720. The molecule has 1 aromatic heterocycles. The molecule has 148 valence electrons. The second-order valence-electron chi connectivity index (χ2n) is 7.74. The topological polar surface area (TPSA) is 67.0 Å². The molecule has 1 unspecified atom stereocenters. The van der Waals surface area contributed by atoms with Crippen molar-refractivity contribution >= 4 is 6.09 Å². The van der Waals surface area contributed by atoms with Crippen LogP contribution in [0.25, 0.3) is 11.3 Å². The van der Waals surface area contributed by atoms with Crippen molar-refractivity contribution < 1.29 is 13.9 Å². The van der Waals surface area contributed by atoms with Gasteiger partial charge in [0, 0.05) is 0 Å². The van der Waals surface area contributed by atoms with Crippen molar-refractivity contribution in [3.05, 3.63) is 42.1 Å². The molecular formula is C21H30FN3O2.